The largest absolute Gasteiger partial charge is 0.494 e. The minimum Gasteiger partial charge on any atom is -0.494 e. The molecule has 4 nitrogen and oxygen atoms in total. The zero-order chi connectivity index (χ0) is 14.6. The third kappa shape index (κ3) is 6.95. The van der Waals surface area contributed by atoms with Crippen LogP contribution in [0.5, 0.6) is 5.75 Å². The van der Waals surface area contributed by atoms with Crippen LogP contribution in [0.3, 0.4) is 0 Å². The molecule has 1 aromatic rings. The van der Waals surface area contributed by atoms with Crippen LogP contribution in [0.1, 0.15) is 25.3 Å². The van der Waals surface area contributed by atoms with E-state index in [1.54, 1.807) is 13.2 Å². The Morgan fingerprint density at radius 1 is 1.25 bits per heavy atom. The van der Waals surface area contributed by atoms with E-state index < -0.39 is 0 Å². The van der Waals surface area contributed by atoms with Gasteiger partial charge in [-0.1, -0.05) is 25.5 Å². The first-order valence-electron chi connectivity index (χ1n) is 6.94. The van der Waals surface area contributed by atoms with E-state index in [0.717, 1.165) is 30.8 Å². The highest BCUT2D eigenvalue weighted by Gasteiger charge is 1.96. The third-order valence-corrected chi connectivity index (χ3v) is 2.68. The van der Waals surface area contributed by atoms with Gasteiger partial charge in [0.1, 0.15) is 5.75 Å². The molecule has 1 amide bonds. The first kappa shape index (κ1) is 16.2. The molecule has 0 saturated carbocycles. The predicted molar refractivity (Wildman–Crippen MR) is 80.8 cm³/mol. The van der Waals surface area contributed by atoms with Gasteiger partial charge < -0.3 is 14.8 Å². The average molecular weight is 277 g/mol. The van der Waals surface area contributed by atoms with E-state index in [1.165, 1.54) is 6.08 Å². The second-order valence-electron chi connectivity index (χ2n) is 4.39. The number of hydrogen-bond acceptors (Lipinski definition) is 3. The number of rotatable bonds is 9. The van der Waals surface area contributed by atoms with E-state index >= 15 is 0 Å². The first-order chi connectivity index (χ1) is 9.76. The fraction of sp³-hybridized carbons (Fsp3) is 0.438. The highest BCUT2D eigenvalue weighted by Crippen LogP contribution is 2.13. The van der Waals surface area contributed by atoms with Crippen molar-refractivity contribution in [1.82, 2.24) is 5.32 Å². The molecule has 4 heteroatoms. The van der Waals surface area contributed by atoms with Gasteiger partial charge in [-0.05, 0) is 30.2 Å². The van der Waals surface area contributed by atoms with E-state index in [4.69, 9.17) is 9.47 Å². The summed E-state index contributed by atoms with van der Waals surface area (Å²) in [6.07, 6.45) is 5.48. The number of carbonyl (C=O) groups is 1. The lowest BCUT2D eigenvalue weighted by molar-refractivity contribution is -0.116. The standard InChI is InChI=1S/C16H23NO3/c1-3-4-12-20-15-8-5-14(6-9-15)7-10-16(18)17-11-13-19-2/h5-10H,3-4,11-13H2,1-2H3,(H,17,18)/b10-7-. The quantitative estimate of drug-likeness (QED) is 0.557. The Labute approximate surface area is 120 Å². The van der Waals surface area contributed by atoms with Crippen molar-refractivity contribution in [3.63, 3.8) is 0 Å². The molecule has 0 aliphatic carbocycles. The number of amides is 1. The van der Waals surface area contributed by atoms with Crippen molar-refractivity contribution in [3.8, 4) is 5.75 Å². The molecule has 0 atom stereocenters. The van der Waals surface area contributed by atoms with Gasteiger partial charge in [0, 0.05) is 19.7 Å². The Morgan fingerprint density at radius 2 is 2.00 bits per heavy atom. The zero-order valence-electron chi connectivity index (χ0n) is 12.2. The van der Waals surface area contributed by atoms with Gasteiger partial charge in [0.2, 0.25) is 5.91 Å². The Bertz CT molecular complexity index is 412. The second kappa shape index (κ2) is 10.0. The second-order valence-corrected chi connectivity index (χ2v) is 4.39. The molecule has 1 aromatic carbocycles. The van der Waals surface area contributed by atoms with Crippen molar-refractivity contribution in [2.75, 3.05) is 26.9 Å². The Balaban J connectivity index is 2.38. The monoisotopic (exact) mass is 277 g/mol. The molecule has 1 rings (SSSR count). The molecule has 0 unspecified atom stereocenters. The number of carbonyl (C=O) groups excluding carboxylic acids is 1. The molecule has 0 fully saturated rings. The normalized spacial score (nSPS) is 10.7. The summed E-state index contributed by atoms with van der Waals surface area (Å²) in [7, 11) is 1.60. The number of benzene rings is 1. The summed E-state index contributed by atoms with van der Waals surface area (Å²) in [4.78, 5) is 11.5. The van der Waals surface area contributed by atoms with Crippen LogP contribution in [0.4, 0.5) is 0 Å². The molecule has 20 heavy (non-hydrogen) atoms. The minimum absolute atomic E-state index is 0.120. The topological polar surface area (TPSA) is 47.6 Å². The van der Waals surface area contributed by atoms with Crippen LogP contribution in [-0.2, 0) is 9.53 Å². The fourth-order valence-corrected chi connectivity index (χ4v) is 1.52. The molecular weight excluding hydrogens is 254 g/mol. The zero-order valence-corrected chi connectivity index (χ0v) is 12.2. The van der Waals surface area contributed by atoms with E-state index in [2.05, 4.69) is 12.2 Å². The van der Waals surface area contributed by atoms with Crippen LogP contribution in [0, 0.1) is 0 Å². The molecule has 1 N–H and O–H groups in total. The molecule has 0 bridgehead atoms. The van der Waals surface area contributed by atoms with Crippen LogP contribution in [-0.4, -0.2) is 32.8 Å². The van der Waals surface area contributed by atoms with Crippen molar-refractivity contribution in [2.24, 2.45) is 0 Å². The van der Waals surface area contributed by atoms with Gasteiger partial charge >= 0.3 is 0 Å². The van der Waals surface area contributed by atoms with Gasteiger partial charge in [0.25, 0.3) is 0 Å². The molecular formula is C16H23NO3. The Hall–Kier alpha value is -1.81. The molecule has 0 radical (unpaired) electrons. The van der Waals surface area contributed by atoms with Gasteiger partial charge in [-0.3, -0.25) is 4.79 Å². The van der Waals surface area contributed by atoms with Crippen LogP contribution in [0.25, 0.3) is 6.08 Å². The lowest BCUT2D eigenvalue weighted by Gasteiger charge is -2.05. The number of unbranched alkanes of at least 4 members (excludes halogenated alkanes) is 1. The van der Waals surface area contributed by atoms with E-state index in [0.29, 0.717) is 13.2 Å². The maximum Gasteiger partial charge on any atom is 0.244 e. The summed E-state index contributed by atoms with van der Waals surface area (Å²) >= 11 is 0. The molecule has 0 aliphatic heterocycles. The first-order valence-corrected chi connectivity index (χ1v) is 6.94. The van der Waals surface area contributed by atoms with Crippen molar-refractivity contribution in [2.45, 2.75) is 19.8 Å². The van der Waals surface area contributed by atoms with Crippen molar-refractivity contribution in [3.05, 3.63) is 35.9 Å². The highest BCUT2D eigenvalue weighted by molar-refractivity contribution is 5.91. The number of hydrogen-bond donors (Lipinski definition) is 1. The molecule has 0 aliphatic rings. The Kier molecular flexibility index (Phi) is 8.15. The van der Waals surface area contributed by atoms with Crippen LogP contribution >= 0.6 is 0 Å². The maximum atomic E-state index is 11.5. The molecule has 110 valence electrons. The predicted octanol–water partition coefficient (Wildman–Crippen LogP) is 2.64. The SMILES string of the molecule is CCCCOc1ccc(/C=C\C(=O)NCCOC)cc1. The molecule has 0 heterocycles. The minimum atomic E-state index is -0.120. The van der Waals surface area contributed by atoms with Crippen LogP contribution in [0.15, 0.2) is 30.3 Å². The average Bonchev–Trinajstić information content (AvgIpc) is 2.47. The summed E-state index contributed by atoms with van der Waals surface area (Å²) in [6.45, 7) is 3.91. The lowest BCUT2D eigenvalue weighted by Crippen LogP contribution is -2.24. The Morgan fingerprint density at radius 3 is 2.65 bits per heavy atom. The summed E-state index contributed by atoms with van der Waals surface area (Å²) < 4.78 is 10.4. The smallest absolute Gasteiger partial charge is 0.244 e. The van der Waals surface area contributed by atoms with E-state index in [1.807, 2.05) is 24.3 Å². The van der Waals surface area contributed by atoms with Crippen LogP contribution < -0.4 is 10.1 Å². The summed E-state index contributed by atoms with van der Waals surface area (Å²) in [5.74, 6) is 0.741. The van der Waals surface area contributed by atoms with Gasteiger partial charge in [-0.25, -0.2) is 0 Å². The van der Waals surface area contributed by atoms with E-state index in [-0.39, 0.29) is 5.91 Å². The third-order valence-electron chi connectivity index (χ3n) is 2.68. The van der Waals surface area contributed by atoms with E-state index in [9.17, 15) is 4.79 Å². The summed E-state index contributed by atoms with van der Waals surface area (Å²) in [6, 6.07) is 7.69. The molecule has 0 spiro atoms. The van der Waals surface area contributed by atoms with Crippen molar-refractivity contribution < 1.29 is 14.3 Å². The van der Waals surface area contributed by atoms with Crippen LogP contribution in [0.2, 0.25) is 0 Å². The van der Waals surface area contributed by atoms with Crippen molar-refractivity contribution >= 4 is 12.0 Å². The summed E-state index contributed by atoms with van der Waals surface area (Å²) in [5, 5.41) is 2.72. The van der Waals surface area contributed by atoms with Gasteiger partial charge in [-0.15, -0.1) is 0 Å². The van der Waals surface area contributed by atoms with Gasteiger partial charge in [0.15, 0.2) is 0 Å². The molecule has 0 aromatic heterocycles. The molecule has 0 saturated heterocycles. The number of ether oxygens (including phenoxy) is 2. The summed E-state index contributed by atoms with van der Waals surface area (Å²) in [5.41, 5.74) is 0.967. The highest BCUT2D eigenvalue weighted by atomic mass is 16.5. The fourth-order valence-electron chi connectivity index (χ4n) is 1.52. The van der Waals surface area contributed by atoms with Crippen molar-refractivity contribution in [1.29, 1.82) is 0 Å². The number of methoxy groups -OCH3 is 1. The lowest BCUT2D eigenvalue weighted by atomic mass is 10.2. The van der Waals surface area contributed by atoms with Gasteiger partial charge in [0.05, 0.1) is 13.2 Å². The maximum absolute atomic E-state index is 11.5. The van der Waals surface area contributed by atoms with Gasteiger partial charge in [-0.2, -0.15) is 0 Å². The number of nitrogens with one attached hydrogen (secondary N) is 1.